The summed E-state index contributed by atoms with van der Waals surface area (Å²) in [7, 11) is -2.77. The summed E-state index contributed by atoms with van der Waals surface area (Å²) in [4.78, 5) is 22.6. The molecule has 1 aromatic carbocycles. The number of esters is 1. The van der Waals surface area contributed by atoms with Crippen molar-refractivity contribution in [2.45, 2.75) is 6.54 Å². The number of amides is 1. The molecule has 0 saturated carbocycles. The zero-order chi connectivity index (χ0) is 15.2. The van der Waals surface area contributed by atoms with Gasteiger partial charge in [0.05, 0.1) is 7.11 Å². The maximum absolute atomic E-state index is 11.7. The highest BCUT2D eigenvalue weighted by Crippen LogP contribution is 2.14. The lowest BCUT2D eigenvalue weighted by molar-refractivity contribution is -0.137. The molecule has 0 bridgehead atoms. The first kappa shape index (κ1) is 16.1. The van der Waals surface area contributed by atoms with Crippen molar-refractivity contribution in [2.24, 2.45) is 5.73 Å². The molecule has 0 fully saturated rings. The average Bonchev–Trinajstić information content (AvgIpc) is 2.37. The van der Waals surface area contributed by atoms with Gasteiger partial charge in [-0.15, -0.1) is 0 Å². The fraction of sp³-hybridized carbons (Fsp3) is 0.333. The molecule has 0 aliphatic rings. The van der Waals surface area contributed by atoms with Crippen molar-refractivity contribution in [1.82, 2.24) is 0 Å². The molecule has 0 atom stereocenters. The first-order valence-electron chi connectivity index (χ1n) is 5.73. The summed E-state index contributed by atoms with van der Waals surface area (Å²) in [5, 5.41) is 2.46. The summed E-state index contributed by atoms with van der Waals surface area (Å²) in [6, 6.07) is 6.79. The van der Waals surface area contributed by atoms with Gasteiger partial charge in [0.25, 0.3) is 0 Å². The second kappa shape index (κ2) is 7.01. The summed E-state index contributed by atoms with van der Waals surface area (Å²) >= 11 is 0. The topological polar surface area (TPSA) is 116 Å². The number of rotatable bonds is 6. The first-order valence-corrected chi connectivity index (χ1v) is 7.55. The molecule has 0 aliphatic carbocycles. The van der Waals surface area contributed by atoms with Crippen LogP contribution in [0.1, 0.15) is 5.56 Å². The lowest BCUT2D eigenvalue weighted by Gasteiger charge is -2.09. The van der Waals surface area contributed by atoms with Gasteiger partial charge in [0, 0.05) is 12.2 Å². The summed E-state index contributed by atoms with van der Waals surface area (Å²) < 4.78 is 27.4. The van der Waals surface area contributed by atoms with Crippen molar-refractivity contribution < 1.29 is 22.7 Å². The lowest BCUT2D eigenvalue weighted by Crippen LogP contribution is -2.28. The third kappa shape index (κ3) is 4.98. The van der Waals surface area contributed by atoms with E-state index in [1.807, 2.05) is 0 Å². The quantitative estimate of drug-likeness (QED) is 0.695. The van der Waals surface area contributed by atoms with Crippen molar-refractivity contribution in [3.05, 3.63) is 29.8 Å². The normalized spacial score (nSPS) is 10.9. The SMILES string of the molecule is COC(=O)CS(=O)(=O)CC(=O)Nc1ccccc1CN. The van der Waals surface area contributed by atoms with E-state index in [4.69, 9.17) is 5.73 Å². The Balaban J connectivity index is 2.70. The van der Waals surface area contributed by atoms with Gasteiger partial charge in [-0.2, -0.15) is 0 Å². The number of para-hydroxylation sites is 1. The number of hydrogen-bond acceptors (Lipinski definition) is 6. The van der Waals surface area contributed by atoms with E-state index in [0.29, 0.717) is 11.3 Å². The average molecular weight is 300 g/mol. The fourth-order valence-corrected chi connectivity index (χ4v) is 2.55. The van der Waals surface area contributed by atoms with Crippen LogP contribution in [0.15, 0.2) is 24.3 Å². The van der Waals surface area contributed by atoms with Gasteiger partial charge < -0.3 is 15.8 Å². The van der Waals surface area contributed by atoms with Gasteiger partial charge in [-0.1, -0.05) is 18.2 Å². The lowest BCUT2D eigenvalue weighted by atomic mass is 10.2. The van der Waals surface area contributed by atoms with Crippen LogP contribution in [-0.2, 0) is 30.7 Å². The Morgan fingerprint density at radius 2 is 1.90 bits per heavy atom. The van der Waals surface area contributed by atoms with Crippen molar-refractivity contribution in [1.29, 1.82) is 0 Å². The minimum Gasteiger partial charge on any atom is -0.468 e. The van der Waals surface area contributed by atoms with Crippen LogP contribution in [0.5, 0.6) is 0 Å². The Labute approximate surface area is 117 Å². The summed E-state index contributed by atoms with van der Waals surface area (Å²) in [5.74, 6) is -3.24. The molecule has 0 aliphatic heterocycles. The van der Waals surface area contributed by atoms with Gasteiger partial charge in [0.15, 0.2) is 9.84 Å². The molecular formula is C12H16N2O5S. The van der Waals surface area contributed by atoms with Crippen LogP contribution in [0.25, 0.3) is 0 Å². The number of nitrogens with two attached hydrogens (primary N) is 1. The van der Waals surface area contributed by atoms with Gasteiger partial charge in [-0.05, 0) is 11.6 Å². The molecule has 1 rings (SSSR count). The van der Waals surface area contributed by atoms with E-state index >= 15 is 0 Å². The molecule has 0 saturated heterocycles. The number of hydrogen-bond donors (Lipinski definition) is 2. The monoisotopic (exact) mass is 300 g/mol. The number of methoxy groups -OCH3 is 1. The summed E-state index contributed by atoms with van der Waals surface area (Å²) in [6.07, 6.45) is 0. The Kier molecular flexibility index (Phi) is 5.66. The number of carbonyl (C=O) groups excluding carboxylic acids is 2. The van der Waals surface area contributed by atoms with E-state index in [1.165, 1.54) is 0 Å². The van der Waals surface area contributed by atoms with Gasteiger partial charge >= 0.3 is 5.97 Å². The van der Waals surface area contributed by atoms with Crippen molar-refractivity contribution >= 4 is 27.4 Å². The third-order valence-corrected chi connectivity index (χ3v) is 3.81. The second-order valence-electron chi connectivity index (χ2n) is 4.02. The predicted molar refractivity (Wildman–Crippen MR) is 73.6 cm³/mol. The molecule has 7 nitrogen and oxygen atoms in total. The highest BCUT2D eigenvalue weighted by molar-refractivity contribution is 7.92. The Morgan fingerprint density at radius 3 is 2.50 bits per heavy atom. The van der Waals surface area contributed by atoms with Crippen molar-refractivity contribution in [3.63, 3.8) is 0 Å². The smallest absolute Gasteiger partial charge is 0.320 e. The number of ether oxygens (including phenoxy) is 1. The van der Waals surface area contributed by atoms with E-state index in [1.54, 1.807) is 24.3 Å². The van der Waals surface area contributed by atoms with Crippen LogP contribution in [0, 0.1) is 0 Å². The molecule has 0 unspecified atom stereocenters. The van der Waals surface area contributed by atoms with E-state index in [2.05, 4.69) is 10.1 Å². The number of anilines is 1. The number of benzene rings is 1. The molecule has 3 N–H and O–H groups in total. The summed E-state index contributed by atoms with van der Waals surface area (Å²) in [6.45, 7) is 0.214. The summed E-state index contributed by atoms with van der Waals surface area (Å²) in [5.41, 5.74) is 6.65. The molecule has 1 aromatic rings. The Bertz CT molecular complexity index is 598. The van der Waals surface area contributed by atoms with Crippen LogP contribution in [0.3, 0.4) is 0 Å². The predicted octanol–water partition coefficient (Wildman–Crippen LogP) is -0.328. The standard InChI is InChI=1S/C12H16N2O5S/c1-19-12(16)8-20(17,18)7-11(15)14-10-5-3-2-4-9(10)6-13/h2-5H,6-8,13H2,1H3,(H,14,15). The van der Waals surface area contributed by atoms with Crippen molar-refractivity contribution in [2.75, 3.05) is 23.9 Å². The third-order valence-electron chi connectivity index (χ3n) is 2.43. The van der Waals surface area contributed by atoms with E-state index in [9.17, 15) is 18.0 Å². The molecule has 20 heavy (non-hydrogen) atoms. The maximum Gasteiger partial charge on any atom is 0.320 e. The van der Waals surface area contributed by atoms with Gasteiger partial charge in [-0.3, -0.25) is 9.59 Å². The van der Waals surface area contributed by atoms with E-state index in [0.717, 1.165) is 7.11 Å². The largest absolute Gasteiger partial charge is 0.468 e. The Hall–Kier alpha value is -1.93. The van der Waals surface area contributed by atoms with Crippen LogP contribution >= 0.6 is 0 Å². The highest BCUT2D eigenvalue weighted by atomic mass is 32.2. The molecule has 0 heterocycles. The highest BCUT2D eigenvalue weighted by Gasteiger charge is 2.21. The minimum absolute atomic E-state index is 0.214. The molecule has 0 aromatic heterocycles. The maximum atomic E-state index is 11.7. The fourth-order valence-electron chi connectivity index (χ4n) is 1.50. The molecule has 0 radical (unpaired) electrons. The molecule has 110 valence electrons. The van der Waals surface area contributed by atoms with Crippen LogP contribution in [0.4, 0.5) is 5.69 Å². The van der Waals surface area contributed by atoms with Crippen LogP contribution < -0.4 is 11.1 Å². The Morgan fingerprint density at radius 1 is 1.25 bits per heavy atom. The van der Waals surface area contributed by atoms with Crippen LogP contribution in [0.2, 0.25) is 0 Å². The first-order chi connectivity index (χ1) is 9.38. The number of nitrogens with one attached hydrogen (secondary N) is 1. The van der Waals surface area contributed by atoms with E-state index in [-0.39, 0.29) is 6.54 Å². The van der Waals surface area contributed by atoms with E-state index < -0.39 is 33.2 Å². The second-order valence-corrected chi connectivity index (χ2v) is 6.08. The number of sulfone groups is 1. The van der Waals surface area contributed by atoms with Gasteiger partial charge in [-0.25, -0.2) is 8.42 Å². The zero-order valence-corrected chi connectivity index (χ0v) is 11.8. The minimum atomic E-state index is -3.85. The van der Waals surface area contributed by atoms with Crippen LogP contribution in [-0.4, -0.2) is 38.9 Å². The van der Waals surface area contributed by atoms with Gasteiger partial charge in [0.2, 0.25) is 5.91 Å². The van der Waals surface area contributed by atoms with Crippen molar-refractivity contribution in [3.8, 4) is 0 Å². The van der Waals surface area contributed by atoms with Gasteiger partial charge in [0.1, 0.15) is 11.5 Å². The molecule has 8 heteroatoms. The zero-order valence-electron chi connectivity index (χ0n) is 11.0. The molecule has 0 spiro atoms. The molecular weight excluding hydrogens is 284 g/mol. The number of carbonyl (C=O) groups is 2. The molecule has 1 amide bonds.